The first-order chi connectivity index (χ1) is 9.69. The van der Waals surface area contributed by atoms with Crippen LogP contribution in [0.25, 0.3) is 0 Å². The Morgan fingerprint density at radius 1 is 1.10 bits per heavy atom. The summed E-state index contributed by atoms with van der Waals surface area (Å²) in [5.74, 6) is 1.60. The molecule has 0 amide bonds. The molecule has 0 saturated carbocycles. The zero-order chi connectivity index (χ0) is 14.4. The van der Waals surface area contributed by atoms with Crippen LogP contribution in [0.15, 0.2) is 36.7 Å². The van der Waals surface area contributed by atoms with Crippen LogP contribution < -0.4 is 15.0 Å². The molecule has 0 unspecified atom stereocenters. The lowest BCUT2D eigenvalue weighted by atomic mass is 10.2. The Hall–Kier alpha value is -2.14. The summed E-state index contributed by atoms with van der Waals surface area (Å²) in [7, 11) is 5.53. The molecule has 1 aromatic carbocycles. The van der Waals surface area contributed by atoms with Crippen molar-refractivity contribution in [1.82, 2.24) is 15.3 Å². The van der Waals surface area contributed by atoms with Crippen LogP contribution in [0.3, 0.4) is 0 Å². The zero-order valence-electron chi connectivity index (χ0n) is 12.1. The fourth-order valence-corrected chi connectivity index (χ4v) is 1.80. The van der Waals surface area contributed by atoms with Crippen molar-refractivity contribution in [2.24, 2.45) is 0 Å². The Labute approximate surface area is 119 Å². The Bertz CT molecular complexity index is 540. The fourth-order valence-electron chi connectivity index (χ4n) is 1.80. The second kappa shape index (κ2) is 6.86. The highest BCUT2D eigenvalue weighted by Gasteiger charge is 2.00. The largest absolute Gasteiger partial charge is 0.497 e. The molecule has 2 aromatic rings. The van der Waals surface area contributed by atoms with Crippen LogP contribution in [0, 0.1) is 0 Å². The number of hydrogen-bond acceptors (Lipinski definition) is 5. The van der Waals surface area contributed by atoms with Crippen molar-refractivity contribution in [3.05, 3.63) is 47.8 Å². The van der Waals surface area contributed by atoms with E-state index in [1.165, 1.54) is 5.56 Å². The molecule has 0 aliphatic carbocycles. The number of benzene rings is 1. The maximum atomic E-state index is 5.20. The lowest BCUT2D eigenvalue weighted by Gasteiger charge is -2.10. The number of anilines is 1. The second-order valence-corrected chi connectivity index (χ2v) is 4.74. The SMILES string of the molecule is COc1cccc(CNCc2cnc(N(C)C)nc2)c1. The van der Waals surface area contributed by atoms with E-state index in [2.05, 4.69) is 21.4 Å². The fraction of sp³-hybridized carbons (Fsp3) is 0.333. The van der Waals surface area contributed by atoms with E-state index in [0.29, 0.717) is 0 Å². The van der Waals surface area contributed by atoms with E-state index in [9.17, 15) is 0 Å². The highest BCUT2D eigenvalue weighted by atomic mass is 16.5. The molecule has 0 saturated heterocycles. The monoisotopic (exact) mass is 272 g/mol. The van der Waals surface area contributed by atoms with Gasteiger partial charge in [0.15, 0.2) is 0 Å². The molecule has 0 fully saturated rings. The summed E-state index contributed by atoms with van der Waals surface area (Å²) in [5, 5.41) is 3.37. The molecule has 5 nitrogen and oxygen atoms in total. The predicted molar refractivity (Wildman–Crippen MR) is 79.9 cm³/mol. The first-order valence-electron chi connectivity index (χ1n) is 6.51. The topological polar surface area (TPSA) is 50.3 Å². The number of methoxy groups -OCH3 is 1. The number of nitrogens with one attached hydrogen (secondary N) is 1. The predicted octanol–water partition coefficient (Wildman–Crippen LogP) is 1.84. The van der Waals surface area contributed by atoms with Crippen LogP contribution in [0.4, 0.5) is 5.95 Å². The van der Waals surface area contributed by atoms with Crippen molar-refractivity contribution in [2.75, 3.05) is 26.1 Å². The lowest BCUT2D eigenvalue weighted by molar-refractivity contribution is 0.414. The van der Waals surface area contributed by atoms with Crippen LogP contribution in [-0.4, -0.2) is 31.2 Å². The van der Waals surface area contributed by atoms with E-state index in [1.54, 1.807) is 7.11 Å². The van der Waals surface area contributed by atoms with E-state index in [4.69, 9.17) is 4.74 Å². The quantitative estimate of drug-likeness (QED) is 0.869. The molecule has 106 valence electrons. The van der Waals surface area contributed by atoms with Gasteiger partial charge in [-0.1, -0.05) is 12.1 Å². The highest BCUT2D eigenvalue weighted by molar-refractivity contribution is 5.28. The minimum Gasteiger partial charge on any atom is -0.497 e. The van der Waals surface area contributed by atoms with Crippen LogP contribution >= 0.6 is 0 Å². The maximum absolute atomic E-state index is 5.20. The van der Waals surface area contributed by atoms with E-state index in [1.807, 2.05) is 49.6 Å². The van der Waals surface area contributed by atoms with Crippen LogP contribution in [-0.2, 0) is 13.1 Å². The molecule has 2 rings (SSSR count). The molecule has 0 atom stereocenters. The third-order valence-corrected chi connectivity index (χ3v) is 2.88. The molecule has 5 heteroatoms. The van der Waals surface area contributed by atoms with E-state index < -0.39 is 0 Å². The second-order valence-electron chi connectivity index (χ2n) is 4.74. The van der Waals surface area contributed by atoms with Gasteiger partial charge in [-0.3, -0.25) is 0 Å². The average molecular weight is 272 g/mol. The van der Waals surface area contributed by atoms with Gasteiger partial charge in [0.2, 0.25) is 5.95 Å². The Kier molecular flexibility index (Phi) is 4.90. The van der Waals surface area contributed by atoms with Crippen LogP contribution in [0.2, 0.25) is 0 Å². The van der Waals surface area contributed by atoms with Gasteiger partial charge in [-0.25, -0.2) is 9.97 Å². The van der Waals surface area contributed by atoms with Gasteiger partial charge in [-0.05, 0) is 17.7 Å². The molecule has 0 spiro atoms. The summed E-state index contributed by atoms with van der Waals surface area (Å²) in [6.45, 7) is 1.53. The third kappa shape index (κ3) is 3.93. The summed E-state index contributed by atoms with van der Waals surface area (Å²) >= 11 is 0. The van der Waals surface area contributed by atoms with Crippen molar-refractivity contribution in [3.63, 3.8) is 0 Å². The number of ether oxygens (including phenoxy) is 1. The van der Waals surface area contributed by atoms with Gasteiger partial charge in [-0.2, -0.15) is 0 Å². The molecular formula is C15H20N4O. The Morgan fingerprint density at radius 3 is 2.45 bits per heavy atom. The first-order valence-corrected chi connectivity index (χ1v) is 6.51. The first kappa shape index (κ1) is 14.3. The van der Waals surface area contributed by atoms with E-state index >= 15 is 0 Å². The molecular weight excluding hydrogens is 252 g/mol. The Morgan fingerprint density at radius 2 is 1.80 bits per heavy atom. The highest BCUT2D eigenvalue weighted by Crippen LogP contribution is 2.12. The molecule has 20 heavy (non-hydrogen) atoms. The van der Waals surface area contributed by atoms with Gasteiger partial charge in [-0.15, -0.1) is 0 Å². The zero-order valence-corrected chi connectivity index (χ0v) is 12.1. The number of aromatic nitrogens is 2. The molecule has 1 N–H and O–H groups in total. The molecule has 1 aromatic heterocycles. The number of nitrogens with zero attached hydrogens (tertiary/aromatic N) is 3. The van der Waals surface area contributed by atoms with Gasteiger partial charge in [0.05, 0.1) is 7.11 Å². The minimum absolute atomic E-state index is 0.724. The Balaban J connectivity index is 1.86. The summed E-state index contributed by atoms with van der Waals surface area (Å²) in [5.41, 5.74) is 2.26. The smallest absolute Gasteiger partial charge is 0.224 e. The number of rotatable bonds is 6. The third-order valence-electron chi connectivity index (χ3n) is 2.88. The van der Waals surface area contributed by atoms with E-state index in [-0.39, 0.29) is 0 Å². The summed E-state index contributed by atoms with van der Waals surface area (Å²) in [6, 6.07) is 8.03. The van der Waals surface area contributed by atoms with Crippen LogP contribution in [0.5, 0.6) is 5.75 Å². The van der Waals surface area contributed by atoms with Gasteiger partial charge in [0, 0.05) is 45.1 Å². The van der Waals surface area contributed by atoms with Crippen LogP contribution in [0.1, 0.15) is 11.1 Å². The number of hydrogen-bond donors (Lipinski definition) is 1. The lowest BCUT2D eigenvalue weighted by Crippen LogP contribution is -2.15. The van der Waals surface area contributed by atoms with Gasteiger partial charge < -0.3 is 15.0 Å². The van der Waals surface area contributed by atoms with Crippen molar-refractivity contribution in [1.29, 1.82) is 0 Å². The summed E-state index contributed by atoms with van der Waals surface area (Å²) in [4.78, 5) is 10.5. The van der Waals surface area contributed by atoms with E-state index in [0.717, 1.165) is 30.4 Å². The van der Waals surface area contributed by atoms with Crippen molar-refractivity contribution >= 4 is 5.95 Å². The molecule has 0 bridgehead atoms. The molecule has 0 radical (unpaired) electrons. The maximum Gasteiger partial charge on any atom is 0.224 e. The normalized spacial score (nSPS) is 10.3. The van der Waals surface area contributed by atoms with Crippen molar-refractivity contribution in [2.45, 2.75) is 13.1 Å². The van der Waals surface area contributed by atoms with Crippen molar-refractivity contribution in [3.8, 4) is 5.75 Å². The molecule has 1 heterocycles. The minimum atomic E-state index is 0.724. The van der Waals surface area contributed by atoms with Gasteiger partial charge in [0.25, 0.3) is 0 Å². The molecule has 0 aliphatic heterocycles. The van der Waals surface area contributed by atoms with Gasteiger partial charge in [0.1, 0.15) is 5.75 Å². The average Bonchev–Trinajstić information content (AvgIpc) is 2.48. The summed E-state index contributed by atoms with van der Waals surface area (Å²) in [6.07, 6.45) is 3.70. The van der Waals surface area contributed by atoms with Crippen molar-refractivity contribution < 1.29 is 4.74 Å². The molecule has 0 aliphatic rings. The standard InChI is InChI=1S/C15H20N4O/c1-19(2)15-17-10-13(11-18-15)9-16-8-12-5-4-6-14(7-12)20-3/h4-7,10-11,16H,8-9H2,1-3H3. The summed E-state index contributed by atoms with van der Waals surface area (Å²) < 4.78 is 5.20. The van der Waals surface area contributed by atoms with Gasteiger partial charge >= 0.3 is 0 Å².